The molecule has 5 N–H and O–H groups in total. The van der Waals surface area contributed by atoms with Crippen molar-refractivity contribution in [1.82, 2.24) is 15.4 Å². The van der Waals surface area contributed by atoms with E-state index in [1.807, 2.05) is 12.1 Å². The van der Waals surface area contributed by atoms with Gasteiger partial charge in [0.15, 0.2) is 23.1 Å². The number of methoxy groups -OCH3 is 1. The lowest BCUT2D eigenvalue weighted by atomic mass is 10.2. The van der Waals surface area contributed by atoms with Crippen LogP contribution in [-0.4, -0.2) is 36.2 Å². The van der Waals surface area contributed by atoms with Crippen molar-refractivity contribution in [3.8, 4) is 17.2 Å². The smallest absolute Gasteiger partial charge is 0.269 e. The molecule has 0 bridgehead atoms. The average molecular weight is 408 g/mol. The Morgan fingerprint density at radius 3 is 2.53 bits per heavy atom. The van der Waals surface area contributed by atoms with Crippen molar-refractivity contribution in [2.75, 3.05) is 36.8 Å². The van der Waals surface area contributed by atoms with Crippen LogP contribution in [0.2, 0.25) is 0 Å². The van der Waals surface area contributed by atoms with Crippen LogP contribution in [0.4, 0.5) is 23.0 Å². The molecule has 1 aliphatic heterocycles. The molecule has 10 nitrogen and oxygen atoms in total. The van der Waals surface area contributed by atoms with E-state index in [2.05, 4.69) is 26.1 Å². The standard InChI is InChI=1S/C20H20N6O4/c1-28-14-5-2-12(3-6-14)20(27)26-25-19-17(21)18(22-11-23-19)24-13-4-7-15-16(10-13)30-9-8-29-15/h2-7,10-11H,8-9,21H2,1H3,(H,26,27)(H2,22,23,24,25). The summed E-state index contributed by atoms with van der Waals surface area (Å²) in [5.41, 5.74) is 12.9. The van der Waals surface area contributed by atoms with Gasteiger partial charge in [0.25, 0.3) is 5.91 Å². The minimum Gasteiger partial charge on any atom is -0.497 e. The van der Waals surface area contributed by atoms with Gasteiger partial charge >= 0.3 is 0 Å². The molecule has 0 saturated heterocycles. The topological polar surface area (TPSA) is 133 Å². The number of hydrazine groups is 1. The van der Waals surface area contributed by atoms with Gasteiger partial charge in [-0.1, -0.05) is 0 Å². The predicted molar refractivity (Wildman–Crippen MR) is 111 cm³/mol. The van der Waals surface area contributed by atoms with E-state index in [1.165, 1.54) is 6.33 Å². The number of nitrogens with two attached hydrogens (primary N) is 1. The molecule has 0 aliphatic carbocycles. The lowest BCUT2D eigenvalue weighted by molar-refractivity contribution is 0.0962. The molecule has 3 aromatic rings. The molecule has 154 valence electrons. The number of hydrogen-bond acceptors (Lipinski definition) is 9. The minimum atomic E-state index is -0.350. The molecule has 2 heterocycles. The molecule has 1 aromatic heterocycles. The minimum absolute atomic E-state index is 0.238. The van der Waals surface area contributed by atoms with Crippen molar-refractivity contribution < 1.29 is 19.0 Å². The highest BCUT2D eigenvalue weighted by Crippen LogP contribution is 2.34. The molecule has 4 rings (SSSR count). The normalized spacial score (nSPS) is 12.0. The van der Waals surface area contributed by atoms with Crippen LogP contribution in [-0.2, 0) is 0 Å². The van der Waals surface area contributed by atoms with Gasteiger partial charge in [-0.05, 0) is 36.4 Å². The maximum absolute atomic E-state index is 12.3. The fraction of sp³-hybridized carbons (Fsp3) is 0.150. The zero-order valence-electron chi connectivity index (χ0n) is 16.1. The Bertz CT molecular complexity index is 1060. The summed E-state index contributed by atoms with van der Waals surface area (Å²) < 4.78 is 16.2. The van der Waals surface area contributed by atoms with E-state index >= 15 is 0 Å². The second-order valence-corrected chi connectivity index (χ2v) is 6.28. The molecule has 0 spiro atoms. The Morgan fingerprint density at radius 1 is 1.03 bits per heavy atom. The van der Waals surface area contributed by atoms with Gasteiger partial charge in [-0.2, -0.15) is 0 Å². The number of ether oxygens (including phenoxy) is 3. The summed E-state index contributed by atoms with van der Waals surface area (Å²) in [5.74, 6) is 2.27. The first-order chi connectivity index (χ1) is 14.6. The van der Waals surface area contributed by atoms with Crippen LogP contribution in [0.15, 0.2) is 48.8 Å². The summed E-state index contributed by atoms with van der Waals surface area (Å²) in [6.07, 6.45) is 1.33. The van der Waals surface area contributed by atoms with Gasteiger partial charge in [0.1, 0.15) is 31.0 Å². The van der Waals surface area contributed by atoms with E-state index < -0.39 is 0 Å². The third-order valence-electron chi connectivity index (χ3n) is 4.34. The fourth-order valence-corrected chi connectivity index (χ4v) is 2.78. The number of nitrogens with zero attached hydrogens (tertiary/aromatic N) is 2. The van der Waals surface area contributed by atoms with Gasteiger partial charge in [-0.25, -0.2) is 9.97 Å². The molecule has 0 radical (unpaired) electrons. The fourth-order valence-electron chi connectivity index (χ4n) is 2.78. The SMILES string of the molecule is COc1ccc(C(=O)NNc2ncnc(Nc3ccc4c(c3)OCCO4)c2N)cc1. The van der Waals surface area contributed by atoms with Gasteiger partial charge in [-0.15, -0.1) is 0 Å². The average Bonchev–Trinajstić information content (AvgIpc) is 2.79. The maximum atomic E-state index is 12.3. The molecule has 0 atom stereocenters. The number of carbonyl (C=O) groups excluding carboxylic acids is 1. The molecule has 0 unspecified atom stereocenters. The third kappa shape index (κ3) is 4.12. The Labute approximate surface area is 172 Å². The highest BCUT2D eigenvalue weighted by atomic mass is 16.6. The van der Waals surface area contributed by atoms with Crippen LogP contribution in [0.3, 0.4) is 0 Å². The number of aromatic nitrogens is 2. The molecule has 30 heavy (non-hydrogen) atoms. The van der Waals surface area contributed by atoms with E-state index in [4.69, 9.17) is 19.9 Å². The largest absolute Gasteiger partial charge is 0.497 e. The van der Waals surface area contributed by atoms with Crippen LogP contribution < -0.4 is 36.1 Å². The number of benzene rings is 2. The van der Waals surface area contributed by atoms with Crippen LogP contribution >= 0.6 is 0 Å². The number of amides is 1. The van der Waals surface area contributed by atoms with Crippen LogP contribution in [0.1, 0.15) is 10.4 Å². The molecule has 0 fully saturated rings. The molecular formula is C20H20N6O4. The van der Waals surface area contributed by atoms with E-state index in [9.17, 15) is 4.79 Å². The molecule has 2 aromatic carbocycles. The third-order valence-corrected chi connectivity index (χ3v) is 4.34. The maximum Gasteiger partial charge on any atom is 0.269 e. The highest BCUT2D eigenvalue weighted by Gasteiger charge is 2.14. The zero-order chi connectivity index (χ0) is 20.9. The Balaban J connectivity index is 1.44. The number of nitrogens with one attached hydrogen (secondary N) is 3. The van der Waals surface area contributed by atoms with Crippen molar-refractivity contribution in [2.45, 2.75) is 0 Å². The highest BCUT2D eigenvalue weighted by molar-refractivity contribution is 5.95. The Kier molecular flexibility index (Phi) is 5.37. The van der Waals surface area contributed by atoms with Crippen LogP contribution in [0, 0.1) is 0 Å². The van der Waals surface area contributed by atoms with Crippen molar-refractivity contribution in [3.05, 3.63) is 54.4 Å². The molecule has 1 aliphatic rings. The number of fused-ring (bicyclic) bond motifs is 1. The Morgan fingerprint density at radius 2 is 1.77 bits per heavy atom. The number of rotatable bonds is 6. The van der Waals surface area contributed by atoms with E-state index in [1.54, 1.807) is 37.4 Å². The number of hydrogen-bond donors (Lipinski definition) is 4. The summed E-state index contributed by atoms with van der Waals surface area (Å²) in [5, 5.41) is 3.12. The van der Waals surface area contributed by atoms with Gasteiger partial charge < -0.3 is 25.3 Å². The van der Waals surface area contributed by atoms with Crippen molar-refractivity contribution in [1.29, 1.82) is 0 Å². The molecular weight excluding hydrogens is 388 g/mol. The summed E-state index contributed by atoms with van der Waals surface area (Å²) in [7, 11) is 1.56. The number of nitrogen functional groups attached to an aromatic ring is 1. The van der Waals surface area contributed by atoms with E-state index in [0.717, 1.165) is 5.69 Å². The van der Waals surface area contributed by atoms with Crippen LogP contribution in [0.5, 0.6) is 17.2 Å². The first-order valence-corrected chi connectivity index (χ1v) is 9.11. The lowest BCUT2D eigenvalue weighted by Gasteiger charge is -2.19. The lowest BCUT2D eigenvalue weighted by Crippen LogP contribution is -2.30. The first-order valence-electron chi connectivity index (χ1n) is 9.11. The van der Waals surface area contributed by atoms with Crippen molar-refractivity contribution in [2.24, 2.45) is 0 Å². The van der Waals surface area contributed by atoms with Gasteiger partial charge in [0.05, 0.1) is 7.11 Å². The summed E-state index contributed by atoms with van der Waals surface area (Å²) in [6, 6.07) is 12.1. The summed E-state index contributed by atoms with van der Waals surface area (Å²) in [6.45, 7) is 1.02. The monoisotopic (exact) mass is 408 g/mol. The van der Waals surface area contributed by atoms with Gasteiger partial charge in [0, 0.05) is 17.3 Å². The quantitative estimate of drug-likeness (QED) is 0.454. The molecule has 0 saturated carbocycles. The number of carbonyl (C=O) groups is 1. The van der Waals surface area contributed by atoms with Crippen molar-refractivity contribution >= 4 is 28.9 Å². The second kappa shape index (κ2) is 8.43. The van der Waals surface area contributed by atoms with Gasteiger partial charge in [0.2, 0.25) is 0 Å². The summed E-state index contributed by atoms with van der Waals surface area (Å²) in [4.78, 5) is 20.5. The van der Waals surface area contributed by atoms with Crippen LogP contribution in [0.25, 0.3) is 0 Å². The molecule has 10 heteroatoms. The first kappa shape index (κ1) is 19.1. The Hall–Kier alpha value is -4.21. The predicted octanol–water partition coefficient (Wildman–Crippen LogP) is 2.34. The summed E-state index contributed by atoms with van der Waals surface area (Å²) >= 11 is 0. The van der Waals surface area contributed by atoms with Crippen molar-refractivity contribution in [3.63, 3.8) is 0 Å². The van der Waals surface area contributed by atoms with E-state index in [-0.39, 0.29) is 17.4 Å². The molecule has 1 amide bonds. The second-order valence-electron chi connectivity index (χ2n) is 6.28. The van der Waals surface area contributed by atoms with E-state index in [0.29, 0.717) is 41.8 Å². The zero-order valence-corrected chi connectivity index (χ0v) is 16.1. The van der Waals surface area contributed by atoms with Gasteiger partial charge in [-0.3, -0.25) is 15.6 Å². The number of anilines is 4.